The van der Waals surface area contributed by atoms with E-state index in [1.165, 1.54) is 19.3 Å². The van der Waals surface area contributed by atoms with Gasteiger partial charge in [-0.1, -0.05) is 67.0 Å². The van der Waals surface area contributed by atoms with E-state index in [-0.39, 0.29) is 29.8 Å². The number of likely N-dealkylation sites (tertiary alicyclic amines) is 1. The maximum Gasteiger partial charge on any atom is 0.245 e. The van der Waals surface area contributed by atoms with Crippen LogP contribution in [0.1, 0.15) is 108 Å². The second-order valence-electron chi connectivity index (χ2n) is 10.7. The SMILES string of the molecule is C=C(NC1CC1)/C(C)=C/C(C)N(C)C(=O)C(NC(=O)C1CCCCN1C(C)C)C(C)C.CC.CCC. The Bertz CT molecular complexity index is 697. The summed E-state index contributed by atoms with van der Waals surface area (Å²) >= 11 is 0. The van der Waals surface area contributed by atoms with Crippen LogP contribution >= 0.6 is 0 Å². The number of hydrogen-bond acceptors (Lipinski definition) is 4. The Morgan fingerprint density at radius 3 is 2.08 bits per heavy atom. The van der Waals surface area contributed by atoms with Gasteiger partial charge in [-0.3, -0.25) is 14.5 Å². The van der Waals surface area contributed by atoms with Gasteiger partial charge in [0, 0.05) is 30.9 Å². The second kappa shape index (κ2) is 17.6. The molecule has 0 spiro atoms. The number of nitrogens with zero attached hydrogens (tertiary/aromatic N) is 2. The Labute approximate surface area is 223 Å². The fourth-order valence-electron chi connectivity index (χ4n) is 4.20. The number of rotatable bonds is 10. The number of likely N-dealkylation sites (N-methyl/N-ethyl adjacent to an activating group) is 1. The van der Waals surface area contributed by atoms with Crippen LogP contribution in [0.2, 0.25) is 0 Å². The topological polar surface area (TPSA) is 64.7 Å². The normalized spacial score (nSPS) is 19.8. The largest absolute Gasteiger partial charge is 0.383 e. The Kier molecular flexibility index (Phi) is 16.7. The van der Waals surface area contributed by atoms with Crippen LogP contribution in [0.3, 0.4) is 0 Å². The van der Waals surface area contributed by atoms with Gasteiger partial charge in [-0.15, -0.1) is 0 Å². The van der Waals surface area contributed by atoms with Crippen molar-refractivity contribution in [3.8, 4) is 0 Å². The standard InChI is InChI=1S/C25H44N4O2.C3H8.C2H6/c1-16(2)23(27-24(30)22-11-9-10-14-29(22)17(3)4)25(31)28(8)19(6)15-18(5)20(7)26-21-12-13-21;1-3-2;1-2/h15-17,19,21-23,26H,7,9-14H2,1-6,8H3,(H,27,30);3H2,1-2H3;1-2H3/b18-15+;;. The fraction of sp³-hybridized carbons (Fsp3) is 0.800. The van der Waals surface area contributed by atoms with Gasteiger partial charge in [0.1, 0.15) is 6.04 Å². The molecule has 1 aliphatic carbocycles. The van der Waals surface area contributed by atoms with Crippen LogP contribution in [0.25, 0.3) is 0 Å². The van der Waals surface area contributed by atoms with Crippen molar-refractivity contribution >= 4 is 11.8 Å². The summed E-state index contributed by atoms with van der Waals surface area (Å²) in [7, 11) is 1.82. The van der Waals surface area contributed by atoms with Crippen molar-refractivity contribution in [2.24, 2.45) is 5.92 Å². The lowest BCUT2D eigenvalue weighted by atomic mass is 9.97. The van der Waals surface area contributed by atoms with Gasteiger partial charge in [-0.25, -0.2) is 0 Å². The Balaban J connectivity index is 0.00000227. The first-order valence-corrected chi connectivity index (χ1v) is 14.4. The van der Waals surface area contributed by atoms with E-state index in [1.54, 1.807) is 4.90 Å². The van der Waals surface area contributed by atoms with Crippen molar-refractivity contribution < 1.29 is 9.59 Å². The van der Waals surface area contributed by atoms with Gasteiger partial charge in [-0.05, 0) is 71.4 Å². The predicted molar refractivity (Wildman–Crippen MR) is 155 cm³/mol. The van der Waals surface area contributed by atoms with Crippen LogP contribution in [-0.4, -0.2) is 65.4 Å². The molecule has 3 atom stereocenters. The minimum absolute atomic E-state index is 0.0127. The van der Waals surface area contributed by atoms with Crippen molar-refractivity contribution in [2.75, 3.05) is 13.6 Å². The van der Waals surface area contributed by atoms with Gasteiger partial charge in [0.05, 0.1) is 6.04 Å². The van der Waals surface area contributed by atoms with Gasteiger partial charge >= 0.3 is 0 Å². The molecule has 2 N–H and O–H groups in total. The molecule has 1 heterocycles. The molecular formula is C30H58N4O2. The molecule has 1 saturated carbocycles. The highest BCUT2D eigenvalue weighted by atomic mass is 16.2. The quantitative estimate of drug-likeness (QED) is 0.363. The molecule has 0 aromatic carbocycles. The van der Waals surface area contributed by atoms with E-state index in [2.05, 4.69) is 55.9 Å². The summed E-state index contributed by atoms with van der Waals surface area (Å²) in [5.41, 5.74) is 1.98. The summed E-state index contributed by atoms with van der Waals surface area (Å²) in [6.45, 7) is 25.6. The summed E-state index contributed by atoms with van der Waals surface area (Å²) in [6.07, 6.45) is 8.75. The van der Waals surface area contributed by atoms with Crippen LogP contribution < -0.4 is 10.6 Å². The smallest absolute Gasteiger partial charge is 0.245 e. The van der Waals surface area contributed by atoms with Crippen molar-refractivity contribution in [1.29, 1.82) is 0 Å². The lowest BCUT2D eigenvalue weighted by Gasteiger charge is -2.39. The molecule has 0 aromatic rings. The van der Waals surface area contributed by atoms with Gasteiger partial charge in [-0.2, -0.15) is 0 Å². The molecule has 2 aliphatic rings. The summed E-state index contributed by atoms with van der Waals surface area (Å²) < 4.78 is 0. The molecule has 1 saturated heterocycles. The number of carbonyl (C=O) groups is 2. The maximum absolute atomic E-state index is 13.3. The van der Waals surface area contributed by atoms with E-state index < -0.39 is 6.04 Å². The molecule has 0 radical (unpaired) electrons. The summed E-state index contributed by atoms with van der Waals surface area (Å²) in [6, 6.07) is 0.0979. The van der Waals surface area contributed by atoms with Crippen molar-refractivity contribution in [3.63, 3.8) is 0 Å². The molecule has 36 heavy (non-hydrogen) atoms. The molecule has 2 amide bonds. The van der Waals surface area contributed by atoms with E-state index in [0.29, 0.717) is 12.1 Å². The zero-order valence-electron chi connectivity index (χ0n) is 25.4. The van der Waals surface area contributed by atoms with Gasteiger partial charge in [0.25, 0.3) is 0 Å². The third kappa shape index (κ3) is 11.5. The maximum atomic E-state index is 13.3. The molecule has 6 nitrogen and oxygen atoms in total. The Morgan fingerprint density at radius 1 is 1.06 bits per heavy atom. The average molecular weight is 507 g/mol. The highest BCUT2D eigenvalue weighted by molar-refractivity contribution is 5.90. The van der Waals surface area contributed by atoms with Crippen LogP contribution in [-0.2, 0) is 9.59 Å². The summed E-state index contributed by atoms with van der Waals surface area (Å²) in [5, 5.41) is 6.51. The molecular weight excluding hydrogens is 448 g/mol. The molecule has 2 rings (SSSR count). The van der Waals surface area contributed by atoms with E-state index in [9.17, 15) is 9.59 Å². The van der Waals surface area contributed by atoms with Gasteiger partial charge in [0.2, 0.25) is 11.8 Å². The van der Waals surface area contributed by atoms with Crippen LogP contribution in [0.5, 0.6) is 0 Å². The molecule has 1 aliphatic heterocycles. The zero-order chi connectivity index (χ0) is 28.0. The van der Waals surface area contributed by atoms with E-state index in [1.807, 2.05) is 48.6 Å². The van der Waals surface area contributed by atoms with Crippen molar-refractivity contribution in [2.45, 2.75) is 138 Å². The van der Waals surface area contributed by atoms with E-state index in [4.69, 9.17) is 0 Å². The van der Waals surface area contributed by atoms with Crippen molar-refractivity contribution in [1.82, 2.24) is 20.4 Å². The Morgan fingerprint density at radius 2 is 1.61 bits per heavy atom. The minimum atomic E-state index is -0.530. The fourth-order valence-corrected chi connectivity index (χ4v) is 4.20. The Hall–Kier alpha value is -1.82. The van der Waals surface area contributed by atoms with E-state index >= 15 is 0 Å². The monoisotopic (exact) mass is 506 g/mol. The van der Waals surface area contributed by atoms with Crippen molar-refractivity contribution in [3.05, 3.63) is 23.9 Å². The third-order valence-electron chi connectivity index (χ3n) is 6.62. The van der Waals surface area contributed by atoms with Gasteiger partial charge in [0.15, 0.2) is 0 Å². The first-order chi connectivity index (χ1) is 16.9. The van der Waals surface area contributed by atoms with Crippen LogP contribution in [0.15, 0.2) is 23.9 Å². The first kappa shape index (κ1) is 34.2. The van der Waals surface area contributed by atoms with Crippen LogP contribution in [0.4, 0.5) is 0 Å². The van der Waals surface area contributed by atoms with Crippen LogP contribution in [0, 0.1) is 5.92 Å². The average Bonchev–Trinajstić information content (AvgIpc) is 3.66. The molecule has 210 valence electrons. The van der Waals surface area contributed by atoms with Gasteiger partial charge < -0.3 is 15.5 Å². The second-order valence-corrected chi connectivity index (χ2v) is 10.7. The molecule has 3 unspecified atom stereocenters. The predicted octanol–water partition coefficient (Wildman–Crippen LogP) is 5.89. The third-order valence-corrected chi connectivity index (χ3v) is 6.62. The number of carbonyl (C=O) groups excluding carboxylic acids is 2. The number of allylic oxidation sites excluding steroid dienone is 1. The highest BCUT2D eigenvalue weighted by Crippen LogP contribution is 2.23. The summed E-state index contributed by atoms with van der Waals surface area (Å²) in [5.74, 6) is -0.0541. The number of nitrogens with one attached hydrogen (secondary N) is 2. The molecule has 6 heteroatoms. The number of amides is 2. The first-order valence-electron chi connectivity index (χ1n) is 14.4. The molecule has 2 fully saturated rings. The molecule has 0 bridgehead atoms. The minimum Gasteiger partial charge on any atom is -0.383 e. The summed E-state index contributed by atoms with van der Waals surface area (Å²) in [4.78, 5) is 30.5. The number of hydrogen-bond donors (Lipinski definition) is 2. The molecule has 0 aromatic heterocycles. The zero-order valence-corrected chi connectivity index (χ0v) is 25.4. The lowest BCUT2D eigenvalue weighted by Crippen LogP contribution is -2.58. The lowest BCUT2D eigenvalue weighted by molar-refractivity contribution is -0.139. The van der Waals surface area contributed by atoms with E-state index in [0.717, 1.165) is 37.1 Å². The highest BCUT2D eigenvalue weighted by Gasteiger charge is 2.35. The number of piperidine rings is 1.